The summed E-state index contributed by atoms with van der Waals surface area (Å²) in [5.74, 6) is -0.429. The highest BCUT2D eigenvalue weighted by Gasteiger charge is 2.22. The van der Waals surface area contributed by atoms with Gasteiger partial charge < -0.3 is 5.32 Å². The molecule has 2 aromatic carbocycles. The van der Waals surface area contributed by atoms with Crippen LogP contribution in [-0.2, 0) is 24.1 Å². The molecular weight excluding hydrogens is 392 g/mol. The molecule has 0 saturated carbocycles. The summed E-state index contributed by atoms with van der Waals surface area (Å²) in [6.07, 6.45) is 0. The first-order chi connectivity index (χ1) is 13.7. The molecule has 1 N–H and O–H groups in total. The number of imidazole rings is 1. The zero-order valence-corrected chi connectivity index (χ0v) is 17.7. The standard InChI is InChI=1S/C20H24N4O4S/c1-5-24(6-2)29(27,28)16-9-7-8-14(12-16)19(25)21-15-10-11-17-18(13-15)23(4)20(26)22(17)3/h7-13H,5-6H2,1-4H3,(H,21,25). The lowest BCUT2D eigenvalue weighted by atomic mass is 10.2. The molecule has 0 aliphatic carbocycles. The first-order valence-electron chi connectivity index (χ1n) is 9.27. The van der Waals surface area contributed by atoms with Crippen LogP contribution in [0.1, 0.15) is 24.2 Å². The maximum atomic E-state index is 12.7. The summed E-state index contributed by atoms with van der Waals surface area (Å²) >= 11 is 0. The van der Waals surface area contributed by atoms with Crippen LogP contribution in [0.2, 0.25) is 0 Å². The van der Waals surface area contributed by atoms with Crippen LogP contribution in [0.4, 0.5) is 5.69 Å². The molecule has 3 aromatic rings. The van der Waals surface area contributed by atoms with Crippen LogP contribution in [-0.4, -0.2) is 40.9 Å². The van der Waals surface area contributed by atoms with Gasteiger partial charge >= 0.3 is 5.69 Å². The maximum absolute atomic E-state index is 12.7. The van der Waals surface area contributed by atoms with E-state index in [1.807, 2.05) is 0 Å². The topological polar surface area (TPSA) is 93.4 Å². The molecule has 29 heavy (non-hydrogen) atoms. The van der Waals surface area contributed by atoms with Gasteiger partial charge in [-0.3, -0.25) is 13.9 Å². The van der Waals surface area contributed by atoms with Crippen LogP contribution in [0.5, 0.6) is 0 Å². The van der Waals surface area contributed by atoms with Gasteiger partial charge in [-0.1, -0.05) is 19.9 Å². The monoisotopic (exact) mass is 416 g/mol. The molecule has 0 atom stereocenters. The SMILES string of the molecule is CCN(CC)S(=O)(=O)c1cccc(C(=O)Nc2ccc3c(c2)n(C)c(=O)n3C)c1. The number of carbonyl (C=O) groups excluding carboxylic acids is 1. The molecular formula is C20H24N4O4S. The number of anilines is 1. The fourth-order valence-corrected chi connectivity index (χ4v) is 4.80. The van der Waals surface area contributed by atoms with Crippen molar-refractivity contribution in [1.82, 2.24) is 13.4 Å². The molecule has 0 unspecified atom stereocenters. The zero-order chi connectivity index (χ0) is 21.3. The third-order valence-electron chi connectivity index (χ3n) is 4.97. The lowest BCUT2D eigenvalue weighted by molar-refractivity contribution is 0.102. The van der Waals surface area contributed by atoms with Crippen LogP contribution < -0.4 is 11.0 Å². The number of carbonyl (C=O) groups is 1. The van der Waals surface area contributed by atoms with E-state index in [1.165, 1.54) is 25.6 Å². The minimum Gasteiger partial charge on any atom is -0.322 e. The highest BCUT2D eigenvalue weighted by Crippen LogP contribution is 2.20. The lowest BCUT2D eigenvalue weighted by Gasteiger charge is -2.18. The number of fused-ring (bicyclic) bond motifs is 1. The summed E-state index contributed by atoms with van der Waals surface area (Å²) in [6.45, 7) is 4.24. The number of hydrogen-bond donors (Lipinski definition) is 1. The van der Waals surface area contributed by atoms with Crippen LogP contribution >= 0.6 is 0 Å². The Labute approximate surface area is 169 Å². The average Bonchev–Trinajstić information content (AvgIpc) is 2.92. The Morgan fingerprint density at radius 1 is 1.00 bits per heavy atom. The van der Waals surface area contributed by atoms with Crippen molar-refractivity contribution < 1.29 is 13.2 Å². The van der Waals surface area contributed by atoms with Gasteiger partial charge in [0.25, 0.3) is 5.91 Å². The number of amides is 1. The molecule has 0 saturated heterocycles. The van der Waals surface area contributed by atoms with Crippen LogP contribution in [0.3, 0.4) is 0 Å². The van der Waals surface area contributed by atoms with Gasteiger partial charge in [0.15, 0.2) is 0 Å². The molecule has 154 valence electrons. The largest absolute Gasteiger partial charge is 0.328 e. The minimum atomic E-state index is -3.65. The highest BCUT2D eigenvalue weighted by molar-refractivity contribution is 7.89. The number of hydrogen-bond acceptors (Lipinski definition) is 4. The Bertz CT molecular complexity index is 1240. The van der Waals surface area contributed by atoms with Crippen molar-refractivity contribution in [2.75, 3.05) is 18.4 Å². The Kier molecular flexibility index (Phi) is 5.63. The summed E-state index contributed by atoms with van der Waals surface area (Å²) in [5, 5.41) is 2.77. The van der Waals surface area contributed by atoms with Crippen LogP contribution in [0.15, 0.2) is 52.2 Å². The predicted molar refractivity (Wildman–Crippen MR) is 113 cm³/mol. The fraction of sp³-hybridized carbons (Fsp3) is 0.300. The lowest BCUT2D eigenvalue weighted by Crippen LogP contribution is -2.30. The number of rotatable bonds is 6. The number of benzene rings is 2. The third-order valence-corrected chi connectivity index (χ3v) is 7.02. The van der Waals surface area contributed by atoms with Crippen LogP contribution in [0, 0.1) is 0 Å². The van der Waals surface area contributed by atoms with E-state index in [9.17, 15) is 18.0 Å². The van der Waals surface area contributed by atoms with Gasteiger partial charge in [-0.25, -0.2) is 13.2 Å². The van der Waals surface area contributed by atoms with E-state index in [4.69, 9.17) is 0 Å². The van der Waals surface area contributed by atoms with Crippen molar-refractivity contribution in [3.63, 3.8) is 0 Å². The van der Waals surface area contributed by atoms with E-state index in [0.29, 0.717) is 24.3 Å². The Hall–Kier alpha value is -2.91. The molecule has 0 aliphatic heterocycles. The molecule has 1 amide bonds. The van der Waals surface area contributed by atoms with Crippen molar-refractivity contribution in [1.29, 1.82) is 0 Å². The number of aryl methyl sites for hydroxylation is 2. The molecule has 0 fully saturated rings. The molecule has 0 radical (unpaired) electrons. The van der Waals surface area contributed by atoms with Crippen molar-refractivity contribution in [2.45, 2.75) is 18.7 Å². The summed E-state index contributed by atoms with van der Waals surface area (Å²) in [4.78, 5) is 24.8. The van der Waals surface area contributed by atoms with E-state index >= 15 is 0 Å². The number of sulfonamides is 1. The first-order valence-corrected chi connectivity index (χ1v) is 10.7. The quantitative estimate of drug-likeness (QED) is 0.666. The highest BCUT2D eigenvalue weighted by atomic mass is 32.2. The normalized spacial score (nSPS) is 11.9. The van der Waals surface area contributed by atoms with Crippen molar-refractivity contribution in [3.05, 3.63) is 58.5 Å². The molecule has 0 bridgehead atoms. The predicted octanol–water partition coefficient (Wildman–Crippen LogP) is 2.16. The average molecular weight is 417 g/mol. The molecule has 0 aliphatic rings. The van der Waals surface area contributed by atoms with Gasteiger partial charge in [-0.2, -0.15) is 4.31 Å². The third kappa shape index (κ3) is 3.70. The fourth-order valence-electron chi connectivity index (χ4n) is 3.30. The summed E-state index contributed by atoms with van der Waals surface area (Å²) in [5.41, 5.74) is 2.04. The minimum absolute atomic E-state index is 0.0785. The Morgan fingerprint density at radius 3 is 2.31 bits per heavy atom. The van der Waals surface area contributed by atoms with E-state index in [1.54, 1.807) is 58.3 Å². The van der Waals surface area contributed by atoms with Gasteiger partial charge in [0.05, 0.1) is 15.9 Å². The van der Waals surface area contributed by atoms with E-state index < -0.39 is 15.9 Å². The van der Waals surface area contributed by atoms with Gasteiger partial charge in [0.2, 0.25) is 10.0 Å². The molecule has 0 spiro atoms. The smallest absolute Gasteiger partial charge is 0.322 e. The molecule has 9 heteroatoms. The Morgan fingerprint density at radius 2 is 1.66 bits per heavy atom. The van der Waals surface area contributed by atoms with Gasteiger partial charge in [-0.15, -0.1) is 0 Å². The van der Waals surface area contributed by atoms with Crippen molar-refractivity contribution in [3.8, 4) is 0 Å². The Balaban J connectivity index is 1.91. The first kappa shape index (κ1) is 20.8. The molecule has 1 heterocycles. The van der Waals surface area contributed by atoms with Gasteiger partial charge in [0, 0.05) is 38.4 Å². The van der Waals surface area contributed by atoms with Gasteiger partial charge in [0.1, 0.15) is 0 Å². The van der Waals surface area contributed by atoms with Crippen molar-refractivity contribution in [2.24, 2.45) is 14.1 Å². The van der Waals surface area contributed by atoms with E-state index in [2.05, 4.69) is 5.32 Å². The second-order valence-corrected chi connectivity index (χ2v) is 8.61. The van der Waals surface area contributed by atoms with E-state index in [-0.39, 0.29) is 16.1 Å². The zero-order valence-electron chi connectivity index (χ0n) is 16.8. The van der Waals surface area contributed by atoms with Crippen LogP contribution in [0.25, 0.3) is 11.0 Å². The van der Waals surface area contributed by atoms with E-state index in [0.717, 1.165) is 5.52 Å². The second kappa shape index (κ2) is 7.84. The van der Waals surface area contributed by atoms with Gasteiger partial charge in [-0.05, 0) is 36.4 Å². The maximum Gasteiger partial charge on any atom is 0.328 e. The molecule has 1 aromatic heterocycles. The molecule has 8 nitrogen and oxygen atoms in total. The summed E-state index contributed by atoms with van der Waals surface area (Å²) in [7, 11) is -0.304. The molecule has 3 rings (SSSR count). The van der Waals surface area contributed by atoms with Crippen molar-refractivity contribution >= 4 is 32.7 Å². The second-order valence-electron chi connectivity index (χ2n) is 6.68. The summed E-state index contributed by atoms with van der Waals surface area (Å²) < 4.78 is 29.8. The number of aromatic nitrogens is 2. The summed E-state index contributed by atoms with van der Waals surface area (Å²) in [6, 6.07) is 11.1. The number of nitrogens with one attached hydrogen (secondary N) is 1. The number of nitrogens with zero attached hydrogens (tertiary/aromatic N) is 3.